The zero-order chi connectivity index (χ0) is 12.4. The van der Waals surface area contributed by atoms with Crippen LogP contribution >= 0.6 is 0 Å². The summed E-state index contributed by atoms with van der Waals surface area (Å²) in [4.78, 5) is 10.8. The first-order valence-electron chi connectivity index (χ1n) is 4.75. The van der Waals surface area contributed by atoms with Crippen LogP contribution in [0.1, 0.15) is 21.8 Å². The van der Waals surface area contributed by atoms with Gasteiger partial charge in [0, 0.05) is 12.5 Å². The van der Waals surface area contributed by atoms with Gasteiger partial charge in [-0.3, -0.25) is 4.79 Å². The highest BCUT2D eigenvalue weighted by molar-refractivity contribution is 5.90. The Kier molecular flexibility index (Phi) is 2.86. The number of nitrogens with zero attached hydrogens (tertiary/aromatic N) is 1. The molecule has 0 aliphatic carbocycles. The fourth-order valence-corrected chi connectivity index (χ4v) is 1.38. The Hall–Kier alpha value is -2.24. The summed E-state index contributed by atoms with van der Waals surface area (Å²) < 4.78 is 31.0. The van der Waals surface area contributed by atoms with Crippen molar-refractivity contribution in [3.63, 3.8) is 0 Å². The fourth-order valence-electron chi connectivity index (χ4n) is 1.38. The van der Waals surface area contributed by atoms with E-state index >= 15 is 0 Å². The second-order valence-electron chi connectivity index (χ2n) is 3.46. The van der Waals surface area contributed by atoms with Crippen molar-refractivity contribution < 1.29 is 18.1 Å². The maximum absolute atomic E-state index is 13.3. The van der Waals surface area contributed by atoms with Crippen LogP contribution in [0.5, 0.6) is 0 Å². The molecule has 0 unspecified atom stereocenters. The number of rotatable bonds is 3. The van der Waals surface area contributed by atoms with E-state index in [-0.39, 0.29) is 23.4 Å². The van der Waals surface area contributed by atoms with Gasteiger partial charge in [-0.1, -0.05) is 5.16 Å². The van der Waals surface area contributed by atoms with E-state index in [0.717, 1.165) is 18.2 Å². The summed E-state index contributed by atoms with van der Waals surface area (Å²) in [7, 11) is 0. The quantitative estimate of drug-likeness (QED) is 0.883. The number of primary amides is 1. The summed E-state index contributed by atoms with van der Waals surface area (Å²) in [5.41, 5.74) is 5.06. The molecule has 1 heterocycles. The Morgan fingerprint density at radius 3 is 2.76 bits per heavy atom. The average Bonchev–Trinajstić information content (AvgIpc) is 2.72. The van der Waals surface area contributed by atoms with Crippen LogP contribution in [0, 0.1) is 11.6 Å². The second kappa shape index (κ2) is 4.32. The van der Waals surface area contributed by atoms with Crippen molar-refractivity contribution in [2.75, 3.05) is 0 Å². The second-order valence-corrected chi connectivity index (χ2v) is 3.46. The number of halogens is 2. The highest BCUT2D eigenvalue weighted by Gasteiger charge is 2.12. The van der Waals surface area contributed by atoms with Gasteiger partial charge < -0.3 is 10.3 Å². The largest absolute Gasteiger partial charge is 0.364 e. The number of aromatic nitrogens is 1. The summed E-state index contributed by atoms with van der Waals surface area (Å²) >= 11 is 0. The Morgan fingerprint density at radius 2 is 2.12 bits per heavy atom. The van der Waals surface area contributed by atoms with Crippen LogP contribution in [0.25, 0.3) is 0 Å². The molecule has 0 spiro atoms. The van der Waals surface area contributed by atoms with Crippen molar-refractivity contribution in [3.05, 3.63) is 52.9 Å². The Labute approximate surface area is 95.0 Å². The van der Waals surface area contributed by atoms with Gasteiger partial charge in [0.05, 0.1) is 0 Å². The molecule has 2 N–H and O–H groups in total. The van der Waals surface area contributed by atoms with Crippen molar-refractivity contribution in [1.82, 2.24) is 5.16 Å². The molecule has 6 heteroatoms. The summed E-state index contributed by atoms with van der Waals surface area (Å²) in [6, 6.07) is 4.40. The lowest BCUT2D eigenvalue weighted by Gasteiger charge is -1.99. The van der Waals surface area contributed by atoms with E-state index in [1.165, 1.54) is 6.07 Å². The molecule has 1 aromatic carbocycles. The SMILES string of the molecule is NC(=O)c1cc(Cc2cc(F)ccc2F)on1. The van der Waals surface area contributed by atoms with Crippen LogP contribution < -0.4 is 5.73 Å². The van der Waals surface area contributed by atoms with Crippen molar-refractivity contribution >= 4 is 5.91 Å². The predicted molar refractivity (Wildman–Crippen MR) is 54.2 cm³/mol. The molecule has 88 valence electrons. The molecule has 0 saturated heterocycles. The topological polar surface area (TPSA) is 69.1 Å². The highest BCUT2D eigenvalue weighted by Crippen LogP contribution is 2.15. The van der Waals surface area contributed by atoms with Gasteiger partial charge >= 0.3 is 0 Å². The Bertz CT molecular complexity index is 566. The molecular formula is C11H8F2N2O2. The first kappa shape index (κ1) is 11.3. The number of amides is 1. The van der Waals surface area contributed by atoms with Crippen LogP contribution in [0.2, 0.25) is 0 Å². The molecule has 0 bridgehead atoms. The fraction of sp³-hybridized carbons (Fsp3) is 0.0909. The zero-order valence-electron chi connectivity index (χ0n) is 8.61. The standard InChI is InChI=1S/C11H8F2N2O2/c12-7-1-2-9(13)6(3-7)4-8-5-10(11(14)16)15-17-8/h1-3,5H,4H2,(H2,14,16). The van der Waals surface area contributed by atoms with Crippen LogP contribution in [0.15, 0.2) is 28.8 Å². The molecule has 0 radical (unpaired) electrons. The lowest BCUT2D eigenvalue weighted by molar-refractivity contribution is 0.0991. The molecular weight excluding hydrogens is 230 g/mol. The van der Waals surface area contributed by atoms with E-state index in [1.807, 2.05) is 0 Å². The molecule has 2 aromatic rings. The van der Waals surface area contributed by atoms with E-state index < -0.39 is 17.5 Å². The average molecular weight is 238 g/mol. The molecule has 0 saturated carbocycles. The summed E-state index contributed by atoms with van der Waals surface area (Å²) in [5, 5.41) is 3.40. The Morgan fingerprint density at radius 1 is 1.35 bits per heavy atom. The van der Waals surface area contributed by atoms with Crippen LogP contribution in [0.3, 0.4) is 0 Å². The van der Waals surface area contributed by atoms with E-state index in [1.54, 1.807) is 0 Å². The molecule has 0 aliphatic rings. The van der Waals surface area contributed by atoms with Crippen molar-refractivity contribution in [2.24, 2.45) is 5.73 Å². The van der Waals surface area contributed by atoms with Crippen molar-refractivity contribution in [2.45, 2.75) is 6.42 Å². The molecule has 0 fully saturated rings. The smallest absolute Gasteiger partial charge is 0.270 e. The summed E-state index contributed by atoms with van der Waals surface area (Å²) in [5.74, 6) is -1.59. The van der Waals surface area contributed by atoms with Gasteiger partial charge in [-0.25, -0.2) is 8.78 Å². The number of carbonyl (C=O) groups excluding carboxylic acids is 1. The summed E-state index contributed by atoms with van der Waals surface area (Å²) in [6.07, 6.45) is 0.00384. The Balaban J connectivity index is 2.25. The van der Waals surface area contributed by atoms with E-state index in [4.69, 9.17) is 10.3 Å². The molecule has 17 heavy (non-hydrogen) atoms. The number of nitrogens with two attached hydrogens (primary N) is 1. The van der Waals surface area contributed by atoms with Gasteiger partial charge in [0.15, 0.2) is 5.69 Å². The van der Waals surface area contributed by atoms with Gasteiger partial charge in [0.25, 0.3) is 5.91 Å². The maximum Gasteiger partial charge on any atom is 0.270 e. The normalized spacial score (nSPS) is 10.5. The van der Waals surface area contributed by atoms with Gasteiger partial charge in [-0.05, 0) is 23.8 Å². The molecule has 2 rings (SSSR count). The van der Waals surface area contributed by atoms with Crippen LogP contribution in [-0.4, -0.2) is 11.1 Å². The molecule has 0 aliphatic heterocycles. The molecule has 4 nitrogen and oxygen atoms in total. The summed E-state index contributed by atoms with van der Waals surface area (Å²) in [6.45, 7) is 0. The number of hydrogen-bond donors (Lipinski definition) is 1. The third-order valence-corrected chi connectivity index (χ3v) is 2.18. The van der Waals surface area contributed by atoms with Gasteiger partial charge in [-0.2, -0.15) is 0 Å². The minimum atomic E-state index is -0.736. The van der Waals surface area contributed by atoms with Crippen molar-refractivity contribution in [3.8, 4) is 0 Å². The monoisotopic (exact) mass is 238 g/mol. The lowest BCUT2D eigenvalue weighted by atomic mass is 10.1. The third kappa shape index (κ3) is 2.47. The van der Waals surface area contributed by atoms with Gasteiger partial charge in [0.2, 0.25) is 0 Å². The minimum absolute atomic E-state index is 0.00384. The number of benzene rings is 1. The first-order valence-corrected chi connectivity index (χ1v) is 4.75. The van der Waals surface area contributed by atoms with Crippen molar-refractivity contribution in [1.29, 1.82) is 0 Å². The van der Waals surface area contributed by atoms with Gasteiger partial charge in [-0.15, -0.1) is 0 Å². The number of carbonyl (C=O) groups is 1. The lowest BCUT2D eigenvalue weighted by Crippen LogP contribution is -2.10. The van der Waals surface area contributed by atoms with E-state index in [9.17, 15) is 13.6 Å². The molecule has 1 aromatic heterocycles. The highest BCUT2D eigenvalue weighted by atomic mass is 19.1. The number of hydrogen-bond acceptors (Lipinski definition) is 3. The minimum Gasteiger partial charge on any atom is -0.364 e. The van der Waals surface area contributed by atoms with E-state index in [2.05, 4.69) is 5.16 Å². The first-order chi connectivity index (χ1) is 8.06. The molecule has 1 amide bonds. The third-order valence-electron chi connectivity index (χ3n) is 2.18. The van der Waals surface area contributed by atoms with E-state index in [0.29, 0.717) is 0 Å². The van der Waals surface area contributed by atoms with Gasteiger partial charge in [0.1, 0.15) is 17.4 Å². The van der Waals surface area contributed by atoms with Crippen LogP contribution in [-0.2, 0) is 6.42 Å². The maximum atomic E-state index is 13.3. The van der Waals surface area contributed by atoms with Crippen LogP contribution in [0.4, 0.5) is 8.78 Å². The zero-order valence-corrected chi connectivity index (χ0v) is 8.61. The molecule has 0 atom stereocenters. The predicted octanol–water partition coefficient (Wildman–Crippen LogP) is 1.64.